The van der Waals surface area contributed by atoms with E-state index < -0.39 is 0 Å². The molecule has 1 aromatic heterocycles. The Balaban J connectivity index is 2.05. The van der Waals surface area contributed by atoms with Crippen LogP contribution < -0.4 is 11.3 Å². The molecule has 0 aliphatic heterocycles. The monoisotopic (exact) mass is 304 g/mol. The van der Waals surface area contributed by atoms with Crippen LogP contribution in [0.4, 0.5) is 0 Å². The number of rotatable bonds is 4. The highest BCUT2D eigenvalue weighted by Crippen LogP contribution is 2.42. The Morgan fingerprint density at radius 3 is 2.62 bits per heavy atom. The van der Waals surface area contributed by atoms with Crippen molar-refractivity contribution in [2.45, 2.75) is 50.2 Å². The summed E-state index contributed by atoms with van der Waals surface area (Å²) in [5, 5.41) is 3.44. The zero-order chi connectivity index (χ0) is 14.7. The van der Waals surface area contributed by atoms with Gasteiger partial charge >= 0.3 is 0 Å². The zero-order valence-corrected chi connectivity index (χ0v) is 13.4. The highest BCUT2D eigenvalue weighted by atomic mass is 32.1. The Labute approximate surface area is 130 Å². The number of nitrogens with one attached hydrogen (secondary N) is 1. The fourth-order valence-corrected chi connectivity index (χ4v) is 4.65. The second kappa shape index (κ2) is 6.44. The van der Waals surface area contributed by atoms with Crippen molar-refractivity contribution in [3.8, 4) is 0 Å². The molecule has 0 amide bonds. The Morgan fingerprint density at radius 1 is 1.19 bits per heavy atom. The van der Waals surface area contributed by atoms with Gasteiger partial charge in [0.05, 0.1) is 11.6 Å². The molecule has 114 valence electrons. The number of hydrazine groups is 1. The minimum Gasteiger partial charge on any atom is -0.376 e. The molecule has 1 atom stereocenters. The SMILES string of the molecule is COC1(C(NN)c2cccc3ccsc23)CCCCCC1. The molecule has 3 rings (SSSR count). The Kier molecular flexibility index (Phi) is 4.60. The number of benzene rings is 1. The molecule has 0 spiro atoms. The first kappa shape index (κ1) is 15.0. The van der Waals surface area contributed by atoms with Crippen molar-refractivity contribution < 1.29 is 4.74 Å². The number of hydrogen-bond acceptors (Lipinski definition) is 4. The molecule has 1 aliphatic rings. The molecular weight excluding hydrogens is 280 g/mol. The summed E-state index contributed by atoms with van der Waals surface area (Å²) in [7, 11) is 1.84. The van der Waals surface area contributed by atoms with Gasteiger partial charge in [0.1, 0.15) is 0 Å². The highest BCUT2D eigenvalue weighted by Gasteiger charge is 2.40. The van der Waals surface area contributed by atoms with E-state index in [-0.39, 0.29) is 11.6 Å². The molecule has 21 heavy (non-hydrogen) atoms. The topological polar surface area (TPSA) is 47.3 Å². The van der Waals surface area contributed by atoms with Gasteiger partial charge in [0.15, 0.2) is 0 Å². The lowest BCUT2D eigenvalue weighted by molar-refractivity contribution is -0.0537. The first-order chi connectivity index (χ1) is 10.3. The summed E-state index contributed by atoms with van der Waals surface area (Å²) in [5.74, 6) is 5.98. The van der Waals surface area contributed by atoms with Crippen LogP contribution in [0.3, 0.4) is 0 Å². The van der Waals surface area contributed by atoms with E-state index >= 15 is 0 Å². The largest absolute Gasteiger partial charge is 0.376 e. The van der Waals surface area contributed by atoms with Gasteiger partial charge in [0.2, 0.25) is 0 Å². The smallest absolute Gasteiger partial charge is 0.0885 e. The van der Waals surface area contributed by atoms with Gasteiger partial charge in [-0.3, -0.25) is 11.3 Å². The van der Waals surface area contributed by atoms with E-state index in [9.17, 15) is 0 Å². The van der Waals surface area contributed by atoms with E-state index in [1.165, 1.54) is 41.3 Å². The summed E-state index contributed by atoms with van der Waals surface area (Å²) in [6, 6.07) is 8.69. The lowest BCUT2D eigenvalue weighted by atomic mass is 9.82. The number of hydrogen-bond donors (Lipinski definition) is 2. The quantitative estimate of drug-likeness (QED) is 0.507. The Bertz CT molecular complexity index is 587. The van der Waals surface area contributed by atoms with Crippen LogP contribution in [0.15, 0.2) is 29.6 Å². The van der Waals surface area contributed by atoms with E-state index in [4.69, 9.17) is 10.6 Å². The second-order valence-electron chi connectivity index (χ2n) is 5.97. The molecular formula is C17H24N2OS. The van der Waals surface area contributed by atoms with Crippen molar-refractivity contribution in [1.82, 2.24) is 5.43 Å². The summed E-state index contributed by atoms with van der Waals surface area (Å²) < 4.78 is 7.37. The summed E-state index contributed by atoms with van der Waals surface area (Å²) in [4.78, 5) is 0. The first-order valence-corrected chi connectivity index (χ1v) is 8.66. The van der Waals surface area contributed by atoms with Crippen LogP contribution >= 0.6 is 11.3 Å². The van der Waals surface area contributed by atoms with E-state index in [1.807, 2.05) is 7.11 Å². The third-order valence-corrected chi connectivity index (χ3v) is 5.85. The van der Waals surface area contributed by atoms with Crippen molar-refractivity contribution in [2.24, 2.45) is 5.84 Å². The number of thiophene rings is 1. The fourth-order valence-electron chi connectivity index (χ4n) is 3.71. The standard InChI is InChI=1S/C17H24N2OS/c1-20-17(10-4-2-3-5-11-17)16(19-18)14-8-6-7-13-9-12-21-15(13)14/h6-9,12,16,19H,2-5,10-11,18H2,1H3. The van der Waals surface area contributed by atoms with Gasteiger partial charge in [-0.1, -0.05) is 43.9 Å². The lowest BCUT2D eigenvalue weighted by Crippen LogP contribution is -2.47. The molecule has 1 unspecified atom stereocenters. The molecule has 0 radical (unpaired) electrons. The summed E-state index contributed by atoms with van der Waals surface area (Å²) in [6.45, 7) is 0. The molecule has 1 fully saturated rings. The van der Waals surface area contributed by atoms with Gasteiger partial charge in [-0.25, -0.2) is 0 Å². The molecule has 4 heteroatoms. The predicted octanol–water partition coefficient (Wildman–Crippen LogP) is 4.15. The average molecular weight is 304 g/mol. The van der Waals surface area contributed by atoms with Crippen molar-refractivity contribution in [2.75, 3.05) is 7.11 Å². The minimum absolute atomic E-state index is 0.0444. The van der Waals surface area contributed by atoms with E-state index in [0.717, 1.165) is 12.8 Å². The van der Waals surface area contributed by atoms with Gasteiger partial charge in [0.25, 0.3) is 0 Å². The number of fused-ring (bicyclic) bond motifs is 1. The van der Waals surface area contributed by atoms with Gasteiger partial charge in [-0.2, -0.15) is 0 Å². The maximum absolute atomic E-state index is 6.05. The van der Waals surface area contributed by atoms with E-state index in [2.05, 4.69) is 35.1 Å². The lowest BCUT2D eigenvalue weighted by Gasteiger charge is -2.39. The van der Waals surface area contributed by atoms with Crippen molar-refractivity contribution in [3.63, 3.8) is 0 Å². The van der Waals surface area contributed by atoms with Crippen LogP contribution in [0, 0.1) is 0 Å². The molecule has 1 aromatic carbocycles. The number of methoxy groups -OCH3 is 1. The molecule has 3 nitrogen and oxygen atoms in total. The van der Waals surface area contributed by atoms with Gasteiger partial charge in [0, 0.05) is 11.8 Å². The van der Waals surface area contributed by atoms with Crippen LogP contribution in [0.1, 0.15) is 50.1 Å². The number of nitrogens with two attached hydrogens (primary N) is 1. The molecule has 1 saturated carbocycles. The van der Waals surface area contributed by atoms with Crippen molar-refractivity contribution in [3.05, 3.63) is 35.2 Å². The highest BCUT2D eigenvalue weighted by molar-refractivity contribution is 7.17. The maximum atomic E-state index is 6.05. The van der Waals surface area contributed by atoms with Gasteiger partial charge < -0.3 is 4.74 Å². The molecule has 1 heterocycles. The normalized spacial score (nSPS) is 20.3. The van der Waals surface area contributed by atoms with Crippen LogP contribution in [0.25, 0.3) is 10.1 Å². The van der Waals surface area contributed by atoms with Gasteiger partial charge in [-0.15, -0.1) is 11.3 Å². The molecule has 0 saturated heterocycles. The van der Waals surface area contributed by atoms with Crippen LogP contribution in [0.5, 0.6) is 0 Å². The van der Waals surface area contributed by atoms with E-state index in [1.54, 1.807) is 11.3 Å². The molecule has 0 bridgehead atoms. The molecule has 1 aliphatic carbocycles. The van der Waals surface area contributed by atoms with Gasteiger partial charge in [-0.05, 0) is 35.2 Å². The van der Waals surface area contributed by atoms with Crippen molar-refractivity contribution in [1.29, 1.82) is 0 Å². The van der Waals surface area contributed by atoms with Crippen LogP contribution in [-0.2, 0) is 4.74 Å². The zero-order valence-electron chi connectivity index (χ0n) is 12.6. The number of ether oxygens (including phenoxy) is 1. The van der Waals surface area contributed by atoms with Crippen LogP contribution in [0.2, 0.25) is 0 Å². The van der Waals surface area contributed by atoms with E-state index in [0.29, 0.717) is 0 Å². The Hall–Kier alpha value is -0.940. The minimum atomic E-state index is -0.191. The van der Waals surface area contributed by atoms with Crippen LogP contribution in [-0.4, -0.2) is 12.7 Å². The molecule has 2 aromatic rings. The summed E-state index contributed by atoms with van der Waals surface area (Å²) >= 11 is 1.78. The van der Waals surface area contributed by atoms with Crippen molar-refractivity contribution >= 4 is 21.4 Å². The molecule has 3 N–H and O–H groups in total. The summed E-state index contributed by atoms with van der Waals surface area (Å²) in [6.07, 6.45) is 7.16. The predicted molar refractivity (Wildman–Crippen MR) is 89.3 cm³/mol. The second-order valence-corrected chi connectivity index (χ2v) is 6.89. The fraction of sp³-hybridized carbons (Fsp3) is 0.529. The third kappa shape index (κ3) is 2.73. The summed E-state index contributed by atoms with van der Waals surface area (Å²) in [5.41, 5.74) is 4.15. The maximum Gasteiger partial charge on any atom is 0.0885 e. The first-order valence-electron chi connectivity index (χ1n) is 7.78. The average Bonchev–Trinajstić information content (AvgIpc) is 2.87. The third-order valence-electron chi connectivity index (χ3n) is 4.87. The Morgan fingerprint density at radius 2 is 1.95 bits per heavy atom.